The van der Waals surface area contributed by atoms with Crippen LogP contribution in [-0.2, 0) is 0 Å². The number of halogens is 4. The fraction of sp³-hybridized carbons (Fsp3) is 0.429. The molecule has 7 heteroatoms. The summed E-state index contributed by atoms with van der Waals surface area (Å²) in [6, 6.07) is 3.28. The molecule has 0 unspecified atom stereocenters. The highest BCUT2D eigenvalue weighted by Gasteiger charge is 2.42. The summed E-state index contributed by atoms with van der Waals surface area (Å²) in [7, 11) is 0. The van der Waals surface area contributed by atoms with Gasteiger partial charge < -0.3 is 0 Å². The number of rotatable bonds is 2. The predicted octanol–water partition coefficient (Wildman–Crippen LogP) is 4.73. The standard InChI is InChI=1S/C14H14Cl3FN3/c1-7(2)12-5-11(18)14-19-21(6-20(12)14)13-9(16)3-8(15)4-10(13)17/h3-4,6-7,11-12H,5H2,1-2H3/q+1/t11-,12-/m1/s1. The summed E-state index contributed by atoms with van der Waals surface area (Å²) < 4.78 is 17.5. The summed E-state index contributed by atoms with van der Waals surface area (Å²) in [5, 5.41) is 5.53. The zero-order valence-electron chi connectivity index (χ0n) is 11.5. The first-order valence-corrected chi connectivity index (χ1v) is 7.81. The monoisotopic (exact) mass is 348 g/mol. The molecule has 2 heterocycles. The first-order chi connectivity index (χ1) is 9.88. The van der Waals surface area contributed by atoms with E-state index in [0.717, 1.165) is 0 Å². The van der Waals surface area contributed by atoms with E-state index in [2.05, 4.69) is 18.9 Å². The number of hydrogen-bond donors (Lipinski definition) is 0. The molecule has 0 bridgehead atoms. The Labute approximate surface area is 137 Å². The van der Waals surface area contributed by atoms with Crippen molar-refractivity contribution < 1.29 is 8.96 Å². The van der Waals surface area contributed by atoms with E-state index in [0.29, 0.717) is 38.9 Å². The predicted molar refractivity (Wildman–Crippen MR) is 81.1 cm³/mol. The summed E-state index contributed by atoms with van der Waals surface area (Å²) in [5.74, 6) is 0.735. The average molecular weight is 350 g/mol. The minimum atomic E-state index is -1.07. The molecule has 1 aromatic heterocycles. The maximum Gasteiger partial charge on any atom is 0.312 e. The number of benzene rings is 1. The van der Waals surface area contributed by atoms with Crippen molar-refractivity contribution in [2.75, 3.05) is 0 Å². The minimum absolute atomic E-state index is 0.0913. The minimum Gasteiger partial charge on any atom is -0.235 e. The molecule has 2 atom stereocenters. The Balaban J connectivity index is 2.11. The van der Waals surface area contributed by atoms with Crippen LogP contribution in [0.3, 0.4) is 0 Å². The largest absolute Gasteiger partial charge is 0.312 e. The van der Waals surface area contributed by atoms with Crippen molar-refractivity contribution in [1.82, 2.24) is 9.78 Å². The van der Waals surface area contributed by atoms with Crippen molar-refractivity contribution in [1.29, 1.82) is 0 Å². The molecule has 3 rings (SSSR count). The van der Waals surface area contributed by atoms with Crippen LogP contribution in [0.4, 0.5) is 4.39 Å². The first kappa shape index (κ1) is 15.1. The number of alkyl halides is 1. The molecule has 1 aliphatic heterocycles. The van der Waals surface area contributed by atoms with E-state index in [1.54, 1.807) is 18.5 Å². The van der Waals surface area contributed by atoms with E-state index in [1.165, 1.54) is 4.68 Å². The summed E-state index contributed by atoms with van der Waals surface area (Å²) in [6.07, 6.45) is 1.15. The van der Waals surface area contributed by atoms with Crippen molar-refractivity contribution in [2.24, 2.45) is 5.92 Å². The molecule has 1 aliphatic rings. The highest BCUT2D eigenvalue weighted by molar-refractivity contribution is 6.40. The number of nitrogens with zero attached hydrogens (tertiary/aromatic N) is 3. The van der Waals surface area contributed by atoms with E-state index in [1.807, 2.05) is 4.57 Å². The molecule has 0 saturated heterocycles. The fourth-order valence-corrected chi connectivity index (χ4v) is 3.72. The molecular formula is C14H14Cl3FN3+. The molecule has 2 aromatic rings. The van der Waals surface area contributed by atoms with Gasteiger partial charge in [-0.3, -0.25) is 0 Å². The smallest absolute Gasteiger partial charge is 0.235 e. The molecule has 0 aliphatic carbocycles. The van der Waals surface area contributed by atoms with Gasteiger partial charge in [-0.1, -0.05) is 53.3 Å². The normalized spacial score (nSPS) is 21.1. The second kappa shape index (κ2) is 5.41. The van der Waals surface area contributed by atoms with Crippen LogP contribution in [0.2, 0.25) is 15.1 Å². The highest BCUT2D eigenvalue weighted by Crippen LogP contribution is 2.36. The Morgan fingerprint density at radius 2 is 1.90 bits per heavy atom. The van der Waals surface area contributed by atoms with Crippen LogP contribution in [0, 0.1) is 5.92 Å². The molecule has 112 valence electrons. The van der Waals surface area contributed by atoms with Crippen molar-refractivity contribution in [2.45, 2.75) is 32.5 Å². The van der Waals surface area contributed by atoms with Crippen LogP contribution in [0.5, 0.6) is 0 Å². The summed E-state index contributed by atoms with van der Waals surface area (Å²) >= 11 is 18.3. The van der Waals surface area contributed by atoms with Crippen LogP contribution in [-0.4, -0.2) is 9.78 Å². The van der Waals surface area contributed by atoms with Gasteiger partial charge in [-0.15, -0.1) is 0 Å². The fourth-order valence-electron chi connectivity index (χ4n) is 2.73. The molecule has 1 aromatic carbocycles. The Kier molecular flexibility index (Phi) is 3.89. The van der Waals surface area contributed by atoms with Gasteiger partial charge in [0.15, 0.2) is 11.9 Å². The lowest BCUT2D eigenvalue weighted by atomic mass is 10.0. The molecule has 0 amide bonds. The third-order valence-corrected chi connectivity index (χ3v) is 4.57. The van der Waals surface area contributed by atoms with Gasteiger partial charge >= 0.3 is 5.82 Å². The zero-order valence-corrected chi connectivity index (χ0v) is 13.8. The molecular weight excluding hydrogens is 336 g/mol. The second-order valence-corrected chi connectivity index (χ2v) is 6.81. The molecule has 21 heavy (non-hydrogen) atoms. The van der Waals surface area contributed by atoms with Crippen LogP contribution in [0.1, 0.15) is 38.3 Å². The topological polar surface area (TPSA) is 21.7 Å². The molecule has 0 saturated carbocycles. The van der Waals surface area contributed by atoms with Gasteiger partial charge in [0.05, 0.1) is 16.1 Å². The Bertz CT molecular complexity index is 676. The van der Waals surface area contributed by atoms with Crippen molar-refractivity contribution in [3.8, 4) is 5.69 Å². The third kappa shape index (κ3) is 2.54. The third-order valence-electron chi connectivity index (χ3n) is 3.77. The summed E-state index contributed by atoms with van der Waals surface area (Å²) in [6.45, 7) is 4.14. The van der Waals surface area contributed by atoms with Crippen molar-refractivity contribution in [3.63, 3.8) is 0 Å². The Morgan fingerprint density at radius 3 is 2.48 bits per heavy atom. The van der Waals surface area contributed by atoms with Gasteiger partial charge in [-0.25, -0.2) is 8.96 Å². The molecule has 3 nitrogen and oxygen atoms in total. The van der Waals surface area contributed by atoms with E-state index < -0.39 is 6.17 Å². The summed E-state index contributed by atoms with van der Waals surface area (Å²) in [4.78, 5) is 0. The number of fused-ring (bicyclic) bond motifs is 1. The Morgan fingerprint density at radius 1 is 1.29 bits per heavy atom. The Hall–Kier alpha value is -0.840. The van der Waals surface area contributed by atoms with Gasteiger partial charge in [0, 0.05) is 16.5 Å². The lowest BCUT2D eigenvalue weighted by Crippen LogP contribution is -2.38. The maximum atomic E-state index is 14.1. The zero-order chi connectivity index (χ0) is 15.3. The van der Waals surface area contributed by atoms with Crippen LogP contribution < -0.4 is 4.57 Å². The van der Waals surface area contributed by atoms with Crippen LogP contribution in [0.25, 0.3) is 5.69 Å². The van der Waals surface area contributed by atoms with E-state index >= 15 is 0 Å². The van der Waals surface area contributed by atoms with Crippen molar-refractivity contribution >= 4 is 34.8 Å². The van der Waals surface area contributed by atoms with E-state index in [4.69, 9.17) is 34.8 Å². The van der Waals surface area contributed by atoms with Crippen LogP contribution in [0.15, 0.2) is 18.5 Å². The molecule has 0 radical (unpaired) electrons. The lowest BCUT2D eigenvalue weighted by Gasteiger charge is -2.12. The second-order valence-electron chi connectivity index (χ2n) is 5.56. The molecule has 0 N–H and O–H groups in total. The summed E-state index contributed by atoms with van der Waals surface area (Å²) in [5.41, 5.74) is 0.513. The molecule has 0 fully saturated rings. The van der Waals surface area contributed by atoms with Gasteiger partial charge in [-0.05, 0) is 18.1 Å². The lowest BCUT2D eigenvalue weighted by molar-refractivity contribution is -0.723. The highest BCUT2D eigenvalue weighted by atomic mass is 35.5. The van der Waals surface area contributed by atoms with E-state index in [-0.39, 0.29) is 6.04 Å². The van der Waals surface area contributed by atoms with Gasteiger partial charge in [0.2, 0.25) is 6.33 Å². The van der Waals surface area contributed by atoms with Gasteiger partial charge in [-0.2, -0.15) is 0 Å². The number of hydrogen-bond acceptors (Lipinski definition) is 1. The number of aromatic nitrogens is 3. The quantitative estimate of drug-likeness (QED) is 0.718. The molecule has 0 spiro atoms. The van der Waals surface area contributed by atoms with E-state index in [9.17, 15) is 4.39 Å². The van der Waals surface area contributed by atoms with Crippen LogP contribution >= 0.6 is 34.8 Å². The van der Waals surface area contributed by atoms with Gasteiger partial charge in [0.25, 0.3) is 0 Å². The van der Waals surface area contributed by atoms with Gasteiger partial charge in [0.1, 0.15) is 0 Å². The first-order valence-electron chi connectivity index (χ1n) is 6.68. The SMILES string of the molecule is CC(C)[C@H]1C[C@@H](F)c2nn(-c3c(Cl)cc(Cl)cc3Cl)c[n+]21. The maximum absolute atomic E-state index is 14.1. The van der Waals surface area contributed by atoms with Crippen molar-refractivity contribution in [3.05, 3.63) is 39.4 Å². The average Bonchev–Trinajstić information content (AvgIpc) is 2.89.